The van der Waals surface area contributed by atoms with E-state index in [1.54, 1.807) is 0 Å². The summed E-state index contributed by atoms with van der Waals surface area (Å²) in [6.45, 7) is 0. The average Bonchev–Trinajstić information content (AvgIpc) is 2.42. The fraction of sp³-hybridized carbons (Fsp3) is 1.00. The van der Waals surface area contributed by atoms with E-state index in [9.17, 15) is 8.42 Å². The Bertz CT molecular complexity index is 279. The number of nitrogens with one attached hydrogen (secondary N) is 1. The van der Waals surface area contributed by atoms with Crippen molar-refractivity contribution in [3.63, 3.8) is 0 Å². The molecule has 4 nitrogen and oxygen atoms in total. The molecule has 2 bridgehead atoms. The van der Waals surface area contributed by atoms with Gasteiger partial charge in [0.15, 0.2) is 0 Å². The topological polar surface area (TPSA) is 55.4 Å². The van der Waals surface area contributed by atoms with Crippen LogP contribution in [-0.4, -0.2) is 26.7 Å². The van der Waals surface area contributed by atoms with Gasteiger partial charge in [-0.2, -0.15) is 13.1 Å². The minimum atomic E-state index is -3.59. The van der Waals surface area contributed by atoms with Gasteiger partial charge < -0.3 is 4.74 Å². The first kappa shape index (κ1) is 8.74. The minimum Gasteiger partial charge on any atom is -0.373 e. The van der Waals surface area contributed by atoms with Crippen molar-refractivity contribution in [3.05, 3.63) is 0 Å². The summed E-state index contributed by atoms with van der Waals surface area (Å²) in [5.41, 5.74) is 0. The van der Waals surface area contributed by atoms with Crippen LogP contribution in [0.3, 0.4) is 0 Å². The molecule has 0 aromatic heterocycles. The van der Waals surface area contributed by atoms with E-state index in [1.807, 2.05) is 0 Å². The predicted octanol–water partition coefficient (Wildman–Crippen LogP) is 0.379. The summed E-state index contributed by atoms with van der Waals surface area (Å²) >= 11 is 0. The van der Waals surface area contributed by atoms with Gasteiger partial charge in [-0.1, -0.05) is 0 Å². The Morgan fingerprint density at radius 2 is 2.17 bits per heavy atom. The highest BCUT2D eigenvalue weighted by atomic mass is 35.7. The monoisotopic (exact) mass is 211 g/mol. The van der Waals surface area contributed by atoms with Crippen molar-refractivity contribution < 1.29 is 13.2 Å². The lowest BCUT2D eigenvalue weighted by Gasteiger charge is -2.17. The second kappa shape index (κ2) is 2.83. The van der Waals surface area contributed by atoms with Crippen molar-refractivity contribution in [1.82, 2.24) is 4.72 Å². The van der Waals surface area contributed by atoms with Crippen LogP contribution in [0.5, 0.6) is 0 Å². The summed E-state index contributed by atoms with van der Waals surface area (Å²) in [7, 11) is 1.47. The summed E-state index contributed by atoms with van der Waals surface area (Å²) in [5, 5.41) is 0. The highest BCUT2D eigenvalue weighted by molar-refractivity contribution is 8.12. The second-order valence-electron chi connectivity index (χ2n) is 3.27. The molecule has 2 aliphatic heterocycles. The lowest BCUT2D eigenvalue weighted by molar-refractivity contribution is 0.0996. The number of halogens is 1. The summed E-state index contributed by atoms with van der Waals surface area (Å²) in [6.07, 6.45) is 3.03. The molecule has 2 aliphatic rings. The summed E-state index contributed by atoms with van der Waals surface area (Å²) in [6, 6.07) is -0.105. The first-order valence-corrected chi connectivity index (χ1v) is 6.23. The van der Waals surface area contributed by atoms with Crippen LogP contribution in [0.2, 0.25) is 0 Å². The highest BCUT2D eigenvalue weighted by Crippen LogP contribution is 2.34. The Labute approximate surface area is 75.8 Å². The molecule has 0 saturated carbocycles. The smallest absolute Gasteiger partial charge is 0.297 e. The minimum absolute atomic E-state index is 0.0449. The van der Waals surface area contributed by atoms with Crippen LogP contribution in [0.4, 0.5) is 0 Å². The molecule has 3 unspecified atom stereocenters. The number of fused-ring (bicyclic) bond motifs is 2. The first-order chi connectivity index (χ1) is 5.54. The van der Waals surface area contributed by atoms with Crippen molar-refractivity contribution in [1.29, 1.82) is 0 Å². The molecule has 0 aromatic rings. The van der Waals surface area contributed by atoms with Gasteiger partial charge in [0, 0.05) is 10.7 Å². The molecule has 2 rings (SSSR count). The van der Waals surface area contributed by atoms with E-state index < -0.39 is 9.24 Å². The SMILES string of the molecule is O=S(=O)(Cl)NC1CC2CCC1O2. The molecule has 1 N–H and O–H groups in total. The van der Waals surface area contributed by atoms with E-state index in [0.29, 0.717) is 0 Å². The van der Waals surface area contributed by atoms with Gasteiger partial charge in [0.25, 0.3) is 9.24 Å². The van der Waals surface area contributed by atoms with Gasteiger partial charge in [-0.15, -0.1) is 0 Å². The van der Waals surface area contributed by atoms with Gasteiger partial charge in [-0.3, -0.25) is 0 Å². The number of ether oxygens (including phenoxy) is 1. The van der Waals surface area contributed by atoms with Crippen LogP contribution in [0.1, 0.15) is 19.3 Å². The zero-order valence-corrected chi connectivity index (χ0v) is 7.94. The summed E-state index contributed by atoms with van der Waals surface area (Å²) in [4.78, 5) is 0. The average molecular weight is 212 g/mol. The Morgan fingerprint density at radius 3 is 2.58 bits per heavy atom. The fourth-order valence-electron chi connectivity index (χ4n) is 1.94. The van der Waals surface area contributed by atoms with E-state index in [2.05, 4.69) is 4.72 Å². The van der Waals surface area contributed by atoms with Crippen LogP contribution >= 0.6 is 10.7 Å². The van der Waals surface area contributed by atoms with E-state index in [-0.39, 0.29) is 18.2 Å². The molecule has 3 atom stereocenters. The fourth-order valence-corrected chi connectivity index (χ4v) is 2.90. The number of hydrogen-bond acceptors (Lipinski definition) is 3. The Hall–Kier alpha value is 0.160. The molecule has 0 amide bonds. The number of rotatable bonds is 2. The van der Waals surface area contributed by atoms with E-state index >= 15 is 0 Å². The Kier molecular flexibility index (Phi) is 2.07. The second-order valence-corrected chi connectivity index (χ2v) is 5.60. The quantitative estimate of drug-likeness (QED) is 0.672. The van der Waals surface area contributed by atoms with Gasteiger partial charge in [-0.05, 0) is 19.3 Å². The maximum absolute atomic E-state index is 10.7. The van der Waals surface area contributed by atoms with Crippen molar-refractivity contribution in [2.75, 3.05) is 0 Å². The largest absolute Gasteiger partial charge is 0.373 e. The molecule has 2 saturated heterocycles. The van der Waals surface area contributed by atoms with Crippen molar-refractivity contribution >= 4 is 19.9 Å². The maximum atomic E-state index is 10.7. The van der Waals surface area contributed by atoms with Crippen LogP contribution in [0.15, 0.2) is 0 Å². The Balaban J connectivity index is 2.00. The normalized spacial score (nSPS) is 40.6. The van der Waals surface area contributed by atoms with Crippen LogP contribution < -0.4 is 4.72 Å². The van der Waals surface area contributed by atoms with Crippen LogP contribution in [0.25, 0.3) is 0 Å². The molecular weight excluding hydrogens is 202 g/mol. The molecule has 70 valence electrons. The van der Waals surface area contributed by atoms with E-state index in [0.717, 1.165) is 19.3 Å². The van der Waals surface area contributed by atoms with Crippen molar-refractivity contribution in [3.8, 4) is 0 Å². The summed E-state index contributed by atoms with van der Waals surface area (Å²) in [5.74, 6) is 0. The van der Waals surface area contributed by atoms with E-state index in [1.165, 1.54) is 0 Å². The predicted molar refractivity (Wildman–Crippen MR) is 44.2 cm³/mol. The van der Waals surface area contributed by atoms with Gasteiger partial charge in [0.05, 0.1) is 18.2 Å². The van der Waals surface area contributed by atoms with Crippen molar-refractivity contribution in [2.24, 2.45) is 0 Å². The van der Waals surface area contributed by atoms with Crippen LogP contribution in [-0.2, 0) is 14.0 Å². The zero-order valence-electron chi connectivity index (χ0n) is 6.36. The molecule has 2 fully saturated rings. The number of hydrogen-bond donors (Lipinski definition) is 1. The maximum Gasteiger partial charge on any atom is 0.297 e. The van der Waals surface area contributed by atoms with Gasteiger partial charge >= 0.3 is 0 Å². The third kappa shape index (κ3) is 1.74. The first-order valence-electron chi connectivity index (χ1n) is 3.92. The molecule has 0 aliphatic carbocycles. The molecule has 12 heavy (non-hydrogen) atoms. The lowest BCUT2D eigenvalue weighted by atomic mass is 9.96. The molecule has 0 aromatic carbocycles. The molecule has 2 heterocycles. The zero-order chi connectivity index (χ0) is 8.77. The lowest BCUT2D eigenvalue weighted by Crippen LogP contribution is -2.39. The standard InChI is InChI=1S/C6H10ClNO3S/c7-12(9,10)8-5-3-4-1-2-6(5)11-4/h4-6,8H,1-3H2. The molecule has 0 radical (unpaired) electrons. The Morgan fingerprint density at radius 1 is 1.42 bits per heavy atom. The molecule has 0 spiro atoms. The van der Waals surface area contributed by atoms with Gasteiger partial charge in [0.2, 0.25) is 0 Å². The third-order valence-electron chi connectivity index (χ3n) is 2.40. The van der Waals surface area contributed by atoms with Gasteiger partial charge in [0.1, 0.15) is 0 Å². The highest BCUT2D eigenvalue weighted by Gasteiger charge is 2.42. The van der Waals surface area contributed by atoms with Crippen LogP contribution in [0, 0.1) is 0 Å². The van der Waals surface area contributed by atoms with E-state index in [4.69, 9.17) is 15.4 Å². The summed E-state index contributed by atoms with van der Waals surface area (Å²) < 4.78 is 29.1. The van der Waals surface area contributed by atoms with Gasteiger partial charge in [-0.25, -0.2) is 0 Å². The van der Waals surface area contributed by atoms with Crippen molar-refractivity contribution in [2.45, 2.75) is 37.5 Å². The molecule has 6 heteroatoms. The molecular formula is C6H10ClNO3S. The third-order valence-corrected chi connectivity index (χ3v) is 3.25.